The van der Waals surface area contributed by atoms with E-state index < -0.39 is 0 Å². The lowest BCUT2D eigenvalue weighted by Crippen LogP contribution is -2.16. The number of nitrogens with zero attached hydrogens (tertiary/aromatic N) is 1. The summed E-state index contributed by atoms with van der Waals surface area (Å²) in [5, 5.41) is 0.159. The molecule has 1 unspecified atom stereocenters. The molecule has 2 nitrogen and oxygen atoms in total. The second kappa shape index (κ2) is 11.1. The van der Waals surface area contributed by atoms with Crippen molar-refractivity contribution in [3.05, 3.63) is 23.8 Å². The molecular formula is C13H24NOPS2. The predicted octanol–water partition coefficient (Wildman–Crippen LogP) is 4.35. The van der Waals surface area contributed by atoms with Gasteiger partial charge in [-0.05, 0) is 33.1 Å². The summed E-state index contributed by atoms with van der Waals surface area (Å²) in [6.45, 7) is 10.2. The Hall–Kier alpha value is 0.240. The molecule has 0 aliphatic carbocycles. The maximum Gasteiger partial charge on any atom is 0.219 e. The van der Waals surface area contributed by atoms with E-state index in [1.165, 1.54) is 11.8 Å². The molecule has 0 aromatic heterocycles. The Balaban J connectivity index is 4.08. The number of hydrogen-bond donors (Lipinski definition) is 1. The minimum Gasteiger partial charge on any atom is -0.282 e. The highest BCUT2D eigenvalue weighted by atomic mass is 32.7. The first kappa shape index (κ1) is 18.2. The molecule has 0 aliphatic heterocycles. The zero-order valence-electron chi connectivity index (χ0n) is 11.7. The predicted molar refractivity (Wildman–Crippen MR) is 89.7 cm³/mol. The smallest absolute Gasteiger partial charge is 0.219 e. The van der Waals surface area contributed by atoms with Crippen molar-refractivity contribution in [3.8, 4) is 0 Å². The van der Waals surface area contributed by atoms with Crippen molar-refractivity contribution >= 4 is 36.4 Å². The van der Waals surface area contributed by atoms with Gasteiger partial charge in [0.15, 0.2) is 0 Å². The van der Waals surface area contributed by atoms with Crippen LogP contribution in [0.3, 0.4) is 0 Å². The highest BCUT2D eigenvalue weighted by Gasteiger charge is 2.12. The molecule has 0 heterocycles. The van der Waals surface area contributed by atoms with Crippen LogP contribution in [0.15, 0.2) is 23.8 Å². The number of carbonyl (C=O) groups is 1. The van der Waals surface area contributed by atoms with Crippen LogP contribution < -0.4 is 0 Å². The van der Waals surface area contributed by atoms with Gasteiger partial charge in [-0.1, -0.05) is 43.8 Å². The van der Waals surface area contributed by atoms with Gasteiger partial charge in [-0.15, -0.1) is 12.2 Å². The molecule has 5 heteroatoms. The van der Waals surface area contributed by atoms with Crippen molar-refractivity contribution in [2.45, 2.75) is 27.7 Å². The second-order valence-electron chi connectivity index (χ2n) is 3.61. The van der Waals surface area contributed by atoms with Crippen LogP contribution in [-0.4, -0.2) is 34.8 Å². The summed E-state index contributed by atoms with van der Waals surface area (Å²) in [6.07, 6.45) is 6.62. The number of carbonyl (C=O) groups excluding carboxylic acids is 1. The second-order valence-corrected chi connectivity index (χ2v) is 7.83. The Morgan fingerprint density at radius 1 is 1.33 bits per heavy atom. The topological polar surface area (TPSA) is 20.3 Å². The quantitative estimate of drug-likeness (QED) is 0.311. The van der Waals surface area contributed by atoms with Gasteiger partial charge in [0.25, 0.3) is 0 Å². The SMILES string of the molecule is C/C=C\C(=C/C)C(=O)SCCP(S)N(CC)CC. The average molecular weight is 305 g/mol. The lowest BCUT2D eigenvalue weighted by molar-refractivity contribution is -0.107. The first-order valence-corrected chi connectivity index (χ1v) is 9.89. The molecule has 0 rings (SSSR count). The fourth-order valence-electron chi connectivity index (χ4n) is 1.46. The van der Waals surface area contributed by atoms with Gasteiger partial charge < -0.3 is 0 Å². The van der Waals surface area contributed by atoms with Crippen LogP contribution in [0, 0.1) is 0 Å². The molecule has 1 atom stereocenters. The summed E-state index contributed by atoms with van der Waals surface area (Å²) in [4.78, 5) is 11.9. The minimum atomic E-state index is -0.389. The van der Waals surface area contributed by atoms with Crippen molar-refractivity contribution < 1.29 is 4.79 Å². The number of allylic oxidation sites excluding steroid dienone is 3. The third-order valence-corrected chi connectivity index (χ3v) is 6.88. The van der Waals surface area contributed by atoms with Crippen LogP contribution >= 0.6 is 31.3 Å². The molecule has 0 bridgehead atoms. The zero-order valence-corrected chi connectivity index (χ0v) is 14.3. The molecule has 0 radical (unpaired) electrons. The molecule has 18 heavy (non-hydrogen) atoms. The lowest BCUT2D eigenvalue weighted by atomic mass is 10.2. The average Bonchev–Trinajstić information content (AvgIpc) is 2.37. The number of rotatable bonds is 8. The third kappa shape index (κ3) is 6.98. The van der Waals surface area contributed by atoms with Gasteiger partial charge in [-0.2, -0.15) is 0 Å². The Morgan fingerprint density at radius 2 is 1.94 bits per heavy atom. The molecule has 0 aromatic carbocycles. The fraction of sp³-hybridized carbons (Fsp3) is 0.615. The third-order valence-electron chi connectivity index (χ3n) is 2.47. The summed E-state index contributed by atoms with van der Waals surface area (Å²) < 4.78 is 2.35. The van der Waals surface area contributed by atoms with E-state index in [1.54, 1.807) is 0 Å². The monoisotopic (exact) mass is 305 g/mol. The Bertz CT molecular complexity index is 301. The Morgan fingerprint density at radius 3 is 2.39 bits per heavy atom. The van der Waals surface area contributed by atoms with E-state index in [1.807, 2.05) is 32.1 Å². The van der Waals surface area contributed by atoms with Crippen LogP contribution in [-0.2, 0) is 4.79 Å². The fourth-order valence-corrected chi connectivity index (χ4v) is 5.44. The van der Waals surface area contributed by atoms with Gasteiger partial charge in [-0.25, -0.2) is 0 Å². The Labute approximate surface area is 122 Å². The van der Waals surface area contributed by atoms with Crippen LogP contribution in [0.25, 0.3) is 0 Å². The number of thiol groups is 1. The van der Waals surface area contributed by atoms with Gasteiger partial charge in [0.2, 0.25) is 5.12 Å². The molecule has 0 aromatic rings. The first-order valence-electron chi connectivity index (χ1n) is 6.28. The standard InChI is InChI=1S/C13H24NOPS2/c1-5-9-12(6-2)13(15)18-11-10-16(17)14(7-3)8-4/h5-6,9,17H,7-8,10-11H2,1-4H3/b9-5-,12-6+. The summed E-state index contributed by atoms with van der Waals surface area (Å²) in [6, 6.07) is 0. The van der Waals surface area contributed by atoms with Gasteiger partial charge in [0.1, 0.15) is 0 Å². The van der Waals surface area contributed by atoms with E-state index >= 15 is 0 Å². The highest BCUT2D eigenvalue weighted by Crippen LogP contribution is 2.44. The van der Waals surface area contributed by atoms with E-state index in [9.17, 15) is 4.79 Å². The van der Waals surface area contributed by atoms with Crippen molar-refractivity contribution in [2.24, 2.45) is 0 Å². The highest BCUT2D eigenvalue weighted by molar-refractivity contribution is 8.44. The van der Waals surface area contributed by atoms with Crippen molar-refractivity contribution in [2.75, 3.05) is 25.0 Å². The molecule has 0 fully saturated rings. The number of thioether (sulfide) groups is 1. The summed E-state index contributed by atoms with van der Waals surface area (Å²) >= 11 is 6.04. The van der Waals surface area contributed by atoms with E-state index in [-0.39, 0.29) is 12.4 Å². The summed E-state index contributed by atoms with van der Waals surface area (Å²) in [7, 11) is -0.389. The van der Waals surface area contributed by atoms with Crippen LogP contribution in [0.4, 0.5) is 0 Å². The molecule has 0 saturated heterocycles. The zero-order chi connectivity index (χ0) is 14.0. The summed E-state index contributed by atoms with van der Waals surface area (Å²) in [5.41, 5.74) is 0.786. The van der Waals surface area contributed by atoms with E-state index in [0.717, 1.165) is 30.6 Å². The first-order chi connectivity index (χ1) is 8.60. The largest absolute Gasteiger partial charge is 0.282 e. The van der Waals surface area contributed by atoms with Crippen LogP contribution in [0.2, 0.25) is 0 Å². The lowest BCUT2D eigenvalue weighted by Gasteiger charge is -2.24. The van der Waals surface area contributed by atoms with E-state index in [2.05, 4.69) is 30.8 Å². The van der Waals surface area contributed by atoms with Crippen LogP contribution in [0.5, 0.6) is 0 Å². The molecule has 104 valence electrons. The van der Waals surface area contributed by atoms with Gasteiger partial charge in [-0.3, -0.25) is 9.46 Å². The minimum absolute atomic E-state index is 0.159. The normalized spacial score (nSPS) is 14.4. The van der Waals surface area contributed by atoms with E-state index in [4.69, 9.17) is 0 Å². The van der Waals surface area contributed by atoms with Gasteiger partial charge >= 0.3 is 0 Å². The van der Waals surface area contributed by atoms with Crippen molar-refractivity contribution in [3.63, 3.8) is 0 Å². The molecule has 0 saturated carbocycles. The van der Waals surface area contributed by atoms with Crippen molar-refractivity contribution in [1.29, 1.82) is 0 Å². The molecule has 0 amide bonds. The van der Waals surface area contributed by atoms with Gasteiger partial charge in [0, 0.05) is 18.6 Å². The molecule has 0 spiro atoms. The maximum absolute atomic E-state index is 11.9. The molecule has 0 aliphatic rings. The summed E-state index contributed by atoms with van der Waals surface area (Å²) in [5.74, 6) is 0.847. The number of hydrogen-bond acceptors (Lipinski definition) is 4. The van der Waals surface area contributed by atoms with Crippen molar-refractivity contribution in [1.82, 2.24) is 4.67 Å². The Kier molecular flexibility index (Phi) is 11.2. The van der Waals surface area contributed by atoms with Crippen LogP contribution in [0.1, 0.15) is 27.7 Å². The maximum atomic E-state index is 11.9. The molecular weight excluding hydrogens is 281 g/mol. The van der Waals surface area contributed by atoms with E-state index in [0.29, 0.717) is 0 Å². The van der Waals surface area contributed by atoms with Gasteiger partial charge in [0.05, 0.1) is 0 Å². The molecule has 0 N–H and O–H groups in total.